The normalized spacial score (nSPS) is 10.7. The summed E-state index contributed by atoms with van der Waals surface area (Å²) < 4.78 is 15.2. The van der Waals surface area contributed by atoms with E-state index in [1.54, 1.807) is 6.07 Å². The summed E-state index contributed by atoms with van der Waals surface area (Å²) in [6.07, 6.45) is 0. The SMILES string of the molecule is Cc1ccc(-c2csc(SCC(=O)Nc3ccc(Br)cc3F)n2)cc1. The summed E-state index contributed by atoms with van der Waals surface area (Å²) in [6, 6.07) is 12.7. The van der Waals surface area contributed by atoms with E-state index in [0.717, 1.165) is 15.6 Å². The highest BCUT2D eigenvalue weighted by molar-refractivity contribution is 9.10. The van der Waals surface area contributed by atoms with Gasteiger partial charge in [-0.3, -0.25) is 4.79 Å². The van der Waals surface area contributed by atoms with Gasteiger partial charge in [-0.2, -0.15) is 0 Å². The highest BCUT2D eigenvalue weighted by atomic mass is 79.9. The van der Waals surface area contributed by atoms with Gasteiger partial charge >= 0.3 is 0 Å². The second kappa shape index (κ2) is 8.12. The van der Waals surface area contributed by atoms with Gasteiger partial charge < -0.3 is 5.32 Å². The molecular weight excluding hydrogens is 423 g/mol. The van der Waals surface area contributed by atoms with Gasteiger partial charge in [-0.05, 0) is 25.1 Å². The number of carbonyl (C=O) groups excluding carboxylic acids is 1. The third-order valence-electron chi connectivity index (χ3n) is 3.36. The van der Waals surface area contributed by atoms with E-state index in [1.807, 2.05) is 36.6 Å². The number of hydrogen-bond acceptors (Lipinski definition) is 4. The summed E-state index contributed by atoms with van der Waals surface area (Å²) >= 11 is 6.02. The van der Waals surface area contributed by atoms with Crippen molar-refractivity contribution in [2.45, 2.75) is 11.3 Å². The average molecular weight is 437 g/mol. The number of amides is 1. The molecule has 0 atom stereocenters. The van der Waals surface area contributed by atoms with Crippen LogP contribution >= 0.6 is 39.0 Å². The first-order valence-corrected chi connectivity index (χ1v) is 10.1. The standard InChI is InChI=1S/C18H14BrFN2OS2/c1-11-2-4-12(5-3-11)16-9-24-18(22-16)25-10-17(23)21-15-7-6-13(19)8-14(15)20/h2-9H,10H2,1H3,(H,21,23). The van der Waals surface area contributed by atoms with Gasteiger partial charge in [0.25, 0.3) is 0 Å². The molecule has 0 unspecified atom stereocenters. The van der Waals surface area contributed by atoms with Crippen LogP contribution in [0.1, 0.15) is 5.56 Å². The lowest BCUT2D eigenvalue weighted by molar-refractivity contribution is -0.113. The van der Waals surface area contributed by atoms with Crippen LogP contribution in [0.4, 0.5) is 10.1 Å². The highest BCUT2D eigenvalue weighted by Gasteiger charge is 2.10. The Balaban J connectivity index is 1.58. The van der Waals surface area contributed by atoms with Crippen molar-refractivity contribution in [3.8, 4) is 11.3 Å². The van der Waals surface area contributed by atoms with Crippen LogP contribution in [-0.2, 0) is 4.79 Å². The smallest absolute Gasteiger partial charge is 0.234 e. The molecule has 1 aromatic heterocycles. The summed E-state index contributed by atoms with van der Waals surface area (Å²) in [5.74, 6) is -0.557. The van der Waals surface area contributed by atoms with E-state index in [4.69, 9.17) is 0 Å². The lowest BCUT2D eigenvalue weighted by atomic mass is 10.1. The number of carbonyl (C=O) groups is 1. The first-order valence-electron chi connectivity index (χ1n) is 7.41. The number of thioether (sulfide) groups is 1. The first-order chi connectivity index (χ1) is 12.0. The monoisotopic (exact) mass is 436 g/mol. The van der Waals surface area contributed by atoms with E-state index in [1.165, 1.54) is 40.8 Å². The number of aryl methyl sites for hydroxylation is 1. The number of hydrogen-bond donors (Lipinski definition) is 1. The van der Waals surface area contributed by atoms with Crippen molar-refractivity contribution in [2.24, 2.45) is 0 Å². The maximum atomic E-state index is 13.7. The lowest BCUT2D eigenvalue weighted by Gasteiger charge is -2.05. The Kier molecular flexibility index (Phi) is 5.88. The predicted octanol–water partition coefficient (Wildman–Crippen LogP) is 5.75. The molecule has 0 saturated heterocycles. The minimum Gasteiger partial charge on any atom is -0.323 e. The van der Waals surface area contributed by atoms with Crippen molar-refractivity contribution >= 4 is 50.6 Å². The van der Waals surface area contributed by atoms with Gasteiger partial charge in [0.15, 0.2) is 4.34 Å². The zero-order chi connectivity index (χ0) is 17.8. The molecule has 0 radical (unpaired) electrons. The second-order valence-electron chi connectivity index (χ2n) is 5.33. The Morgan fingerprint density at radius 2 is 2.04 bits per heavy atom. The summed E-state index contributed by atoms with van der Waals surface area (Å²) in [4.78, 5) is 16.5. The average Bonchev–Trinajstić information content (AvgIpc) is 3.05. The quantitative estimate of drug-likeness (QED) is 0.517. The van der Waals surface area contributed by atoms with Crippen molar-refractivity contribution in [1.82, 2.24) is 4.98 Å². The van der Waals surface area contributed by atoms with E-state index in [-0.39, 0.29) is 17.3 Å². The van der Waals surface area contributed by atoms with E-state index < -0.39 is 5.82 Å². The summed E-state index contributed by atoms with van der Waals surface area (Å²) in [6.45, 7) is 2.04. The van der Waals surface area contributed by atoms with E-state index in [0.29, 0.717) is 4.47 Å². The number of nitrogens with zero attached hydrogens (tertiary/aromatic N) is 1. The molecule has 3 aromatic rings. The molecule has 3 rings (SSSR count). The number of anilines is 1. The second-order valence-corrected chi connectivity index (χ2v) is 8.32. The van der Waals surface area contributed by atoms with Gasteiger partial charge in [-0.15, -0.1) is 11.3 Å². The molecular formula is C18H14BrFN2OS2. The summed E-state index contributed by atoms with van der Waals surface area (Å²) in [5, 5.41) is 4.55. The Labute approximate surface area is 161 Å². The van der Waals surface area contributed by atoms with Gasteiger partial charge in [0, 0.05) is 15.4 Å². The fraction of sp³-hybridized carbons (Fsp3) is 0.111. The van der Waals surface area contributed by atoms with Crippen LogP contribution < -0.4 is 5.32 Å². The molecule has 0 saturated carbocycles. The lowest BCUT2D eigenvalue weighted by Crippen LogP contribution is -2.14. The minimum atomic E-state index is -0.469. The molecule has 1 heterocycles. The van der Waals surface area contributed by atoms with Crippen molar-refractivity contribution in [3.05, 3.63) is 63.7 Å². The number of benzene rings is 2. The Hall–Kier alpha value is -1.70. The van der Waals surface area contributed by atoms with E-state index >= 15 is 0 Å². The molecule has 1 amide bonds. The largest absolute Gasteiger partial charge is 0.323 e. The first kappa shape index (κ1) is 18.1. The Morgan fingerprint density at radius 3 is 2.76 bits per heavy atom. The van der Waals surface area contributed by atoms with E-state index in [9.17, 15) is 9.18 Å². The van der Waals surface area contributed by atoms with Crippen LogP contribution in [-0.4, -0.2) is 16.6 Å². The molecule has 1 N–H and O–H groups in total. The maximum absolute atomic E-state index is 13.7. The highest BCUT2D eigenvalue weighted by Crippen LogP contribution is 2.28. The molecule has 3 nitrogen and oxygen atoms in total. The molecule has 25 heavy (non-hydrogen) atoms. The Bertz CT molecular complexity index is 896. The van der Waals surface area contributed by atoms with Crippen molar-refractivity contribution in [1.29, 1.82) is 0 Å². The number of nitrogens with one attached hydrogen (secondary N) is 1. The summed E-state index contributed by atoms with van der Waals surface area (Å²) in [5.41, 5.74) is 3.32. The predicted molar refractivity (Wildman–Crippen MR) is 106 cm³/mol. The van der Waals surface area contributed by atoms with Crippen LogP contribution in [0.25, 0.3) is 11.3 Å². The van der Waals surface area contributed by atoms with Crippen molar-refractivity contribution in [3.63, 3.8) is 0 Å². The number of rotatable bonds is 5. The molecule has 0 fully saturated rings. The fourth-order valence-corrected chi connectivity index (χ4v) is 4.05. The van der Waals surface area contributed by atoms with Crippen LogP contribution in [0.5, 0.6) is 0 Å². The van der Waals surface area contributed by atoms with E-state index in [2.05, 4.69) is 26.2 Å². The topological polar surface area (TPSA) is 42.0 Å². The third kappa shape index (κ3) is 4.90. The van der Waals surface area contributed by atoms with Crippen LogP contribution in [0.15, 0.2) is 56.7 Å². The number of thiazole rings is 1. The number of aromatic nitrogens is 1. The van der Waals surface area contributed by atoms with Gasteiger partial charge in [-0.25, -0.2) is 9.37 Å². The number of halogens is 2. The summed E-state index contributed by atoms with van der Waals surface area (Å²) in [7, 11) is 0. The van der Waals surface area contributed by atoms with Gasteiger partial charge in [0.2, 0.25) is 5.91 Å². The minimum absolute atomic E-state index is 0.174. The zero-order valence-corrected chi connectivity index (χ0v) is 16.5. The van der Waals surface area contributed by atoms with Gasteiger partial charge in [0.05, 0.1) is 17.1 Å². The maximum Gasteiger partial charge on any atom is 0.234 e. The van der Waals surface area contributed by atoms with Crippen molar-refractivity contribution < 1.29 is 9.18 Å². The molecule has 128 valence electrons. The molecule has 0 aliphatic carbocycles. The molecule has 2 aromatic carbocycles. The fourth-order valence-electron chi connectivity index (χ4n) is 2.08. The molecule has 0 bridgehead atoms. The molecule has 0 spiro atoms. The third-order valence-corrected chi connectivity index (χ3v) is 5.88. The van der Waals surface area contributed by atoms with Gasteiger partial charge in [-0.1, -0.05) is 57.5 Å². The molecule has 0 aliphatic rings. The van der Waals surface area contributed by atoms with Gasteiger partial charge in [0.1, 0.15) is 5.82 Å². The van der Waals surface area contributed by atoms with Crippen molar-refractivity contribution in [2.75, 3.05) is 11.1 Å². The molecule has 0 aliphatic heterocycles. The Morgan fingerprint density at radius 1 is 1.28 bits per heavy atom. The van der Waals surface area contributed by atoms with Crippen LogP contribution in [0, 0.1) is 12.7 Å². The van der Waals surface area contributed by atoms with Crippen LogP contribution in [0.2, 0.25) is 0 Å². The zero-order valence-electron chi connectivity index (χ0n) is 13.3. The molecule has 7 heteroatoms. The van der Waals surface area contributed by atoms with Crippen LogP contribution in [0.3, 0.4) is 0 Å².